The Bertz CT molecular complexity index is 1810. The fourth-order valence-corrected chi connectivity index (χ4v) is 6.00. The molecule has 13 heteroatoms. The number of anilines is 1. The van der Waals surface area contributed by atoms with Gasteiger partial charge in [-0.05, 0) is 78.8 Å². The smallest absolute Gasteiger partial charge is 0.406 e. The lowest BCUT2D eigenvalue weighted by molar-refractivity contribution is -0.274. The number of aryl methyl sites for hydroxylation is 2. The van der Waals surface area contributed by atoms with E-state index in [1.807, 2.05) is 48.7 Å². The second-order valence-corrected chi connectivity index (χ2v) is 10.8. The number of fused-ring (bicyclic) bond motifs is 3. The Morgan fingerprint density at radius 1 is 1.10 bits per heavy atom. The molecule has 1 saturated heterocycles. The zero-order valence-electron chi connectivity index (χ0n) is 21.0. The molecule has 0 saturated carbocycles. The highest BCUT2D eigenvalue weighted by Gasteiger charge is 2.33. The van der Waals surface area contributed by atoms with Crippen LogP contribution in [0.4, 0.5) is 18.9 Å². The topological polar surface area (TPSA) is 84.5 Å². The first-order valence-corrected chi connectivity index (χ1v) is 13.7. The van der Waals surface area contributed by atoms with Crippen molar-refractivity contribution >= 4 is 62.7 Å². The molecular formula is C27H19F3N6O2S2. The maximum absolute atomic E-state index is 12.5. The summed E-state index contributed by atoms with van der Waals surface area (Å²) in [6, 6.07) is 13.4. The van der Waals surface area contributed by atoms with Crippen LogP contribution in [-0.4, -0.2) is 43.2 Å². The van der Waals surface area contributed by atoms with Crippen molar-refractivity contribution in [2.24, 2.45) is 10.2 Å². The molecule has 0 unspecified atom stereocenters. The lowest BCUT2D eigenvalue weighted by Gasteiger charge is -2.15. The van der Waals surface area contributed by atoms with E-state index in [0.717, 1.165) is 38.3 Å². The van der Waals surface area contributed by atoms with E-state index in [1.54, 1.807) is 29.4 Å². The normalized spacial score (nSPS) is 15.4. The van der Waals surface area contributed by atoms with Crippen molar-refractivity contribution in [1.82, 2.24) is 13.8 Å². The van der Waals surface area contributed by atoms with Crippen molar-refractivity contribution in [3.05, 3.63) is 77.1 Å². The molecule has 4 heterocycles. The van der Waals surface area contributed by atoms with E-state index in [0.29, 0.717) is 22.1 Å². The Balaban J connectivity index is 1.26. The third-order valence-electron chi connectivity index (χ3n) is 6.24. The van der Waals surface area contributed by atoms with Crippen molar-refractivity contribution < 1.29 is 22.7 Å². The largest absolute Gasteiger partial charge is 0.573 e. The third kappa shape index (κ3) is 4.93. The number of hydrogen-bond acceptors (Lipinski definition) is 8. The third-order valence-corrected chi connectivity index (χ3v) is 7.98. The van der Waals surface area contributed by atoms with Crippen LogP contribution >= 0.6 is 23.3 Å². The summed E-state index contributed by atoms with van der Waals surface area (Å²) >= 11 is 2.69. The van der Waals surface area contributed by atoms with Gasteiger partial charge in [0.1, 0.15) is 11.4 Å². The highest BCUT2D eigenvalue weighted by Crippen LogP contribution is 2.34. The summed E-state index contributed by atoms with van der Waals surface area (Å²) < 4.78 is 47.6. The Morgan fingerprint density at radius 3 is 2.62 bits per heavy atom. The van der Waals surface area contributed by atoms with Crippen LogP contribution in [0.1, 0.15) is 16.1 Å². The van der Waals surface area contributed by atoms with Crippen LogP contribution in [0.3, 0.4) is 0 Å². The van der Waals surface area contributed by atoms with Crippen LogP contribution in [0.5, 0.6) is 5.75 Å². The van der Waals surface area contributed by atoms with E-state index in [4.69, 9.17) is 0 Å². The number of halogens is 3. The number of rotatable bonds is 5. The first kappa shape index (κ1) is 26.0. The van der Waals surface area contributed by atoms with E-state index in [-0.39, 0.29) is 11.7 Å². The molecule has 40 heavy (non-hydrogen) atoms. The fourth-order valence-electron chi connectivity index (χ4n) is 4.51. The predicted molar refractivity (Wildman–Crippen MR) is 151 cm³/mol. The standard InChI is InChI=1S/C27H19F3N6O2S2/c1-15-24(16(2)40-34-15)36-23(37)14-39-26(36)33-32-12-17-3-8-21-19(11-17)9-10-35-22(13-31-25(21)35)18-4-6-20(7-5-18)38-27(28,29)30/h3-13H,14H2,1-2H3/b32-12-,33-26-. The van der Waals surface area contributed by atoms with Crippen molar-refractivity contribution in [3.8, 4) is 17.0 Å². The zero-order valence-corrected chi connectivity index (χ0v) is 22.6. The van der Waals surface area contributed by atoms with E-state index < -0.39 is 6.36 Å². The molecule has 5 aromatic rings. The first-order valence-electron chi connectivity index (χ1n) is 11.9. The van der Waals surface area contributed by atoms with Crippen LogP contribution in [0, 0.1) is 13.8 Å². The van der Waals surface area contributed by atoms with Crippen molar-refractivity contribution in [2.45, 2.75) is 20.2 Å². The summed E-state index contributed by atoms with van der Waals surface area (Å²) in [6.45, 7) is 3.79. The zero-order chi connectivity index (χ0) is 28.0. The molecule has 1 fully saturated rings. The number of amides is 1. The second-order valence-electron chi connectivity index (χ2n) is 8.89. The monoisotopic (exact) mass is 580 g/mol. The first-order chi connectivity index (χ1) is 19.2. The Labute approximate surface area is 234 Å². The van der Waals surface area contributed by atoms with Crippen molar-refractivity contribution in [3.63, 3.8) is 0 Å². The number of aromatic nitrogens is 3. The molecule has 1 aliphatic heterocycles. The summed E-state index contributed by atoms with van der Waals surface area (Å²) in [5.41, 5.74) is 4.51. The number of imidazole rings is 1. The molecule has 8 nitrogen and oxygen atoms in total. The molecule has 2 aromatic carbocycles. The second kappa shape index (κ2) is 10.1. The fraction of sp³-hybridized carbons (Fsp3) is 0.148. The molecule has 0 aliphatic carbocycles. The lowest BCUT2D eigenvalue weighted by Crippen LogP contribution is -2.29. The predicted octanol–water partition coefficient (Wildman–Crippen LogP) is 6.60. The van der Waals surface area contributed by atoms with E-state index in [9.17, 15) is 18.0 Å². The average Bonchev–Trinajstić information content (AvgIpc) is 3.60. The number of pyridine rings is 1. The number of nitrogens with zero attached hydrogens (tertiary/aromatic N) is 6. The van der Waals surface area contributed by atoms with Gasteiger partial charge in [0.05, 0.1) is 35.2 Å². The quantitative estimate of drug-likeness (QED) is 0.173. The highest BCUT2D eigenvalue weighted by atomic mass is 32.2. The number of benzene rings is 2. The van der Waals surface area contributed by atoms with E-state index in [1.165, 1.54) is 35.4 Å². The van der Waals surface area contributed by atoms with Gasteiger partial charge in [-0.2, -0.15) is 9.47 Å². The van der Waals surface area contributed by atoms with E-state index in [2.05, 4.69) is 24.3 Å². The molecule has 6 rings (SSSR count). The number of carbonyl (C=O) groups is 1. The molecule has 1 aliphatic rings. The highest BCUT2D eigenvalue weighted by molar-refractivity contribution is 8.15. The SMILES string of the molecule is Cc1nsc(C)c1N1C(=O)CS/C1=N\N=C/c1ccc2c(ccn3c(-c4ccc(OC(F)(F)F)cc4)cnc23)c1. The summed E-state index contributed by atoms with van der Waals surface area (Å²) in [4.78, 5) is 19.6. The molecular weight excluding hydrogens is 561 g/mol. The van der Waals surface area contributed by atoms with Gasteiger partial charge in [0.15, 0.2) is 5.17 Å². The number of alkyl halides is 3. The molecule has 0 spiro atoms. The summed E-state index contributed by atoms with van der Waals surface area (Å²) in [7, 11) is 0. The maximum Gasteiger partial charge on any atom is 0.573 e. The molecule has 0 N–H and O–H groups in total. The van der Waals surface area contributed by atoms with Gasteiger partial charge in [0, 0.05) is 22.0 Å². The van der Waals surface area contributed by atoms with Gasteiger partial charge in [-0.25, -0.2) is 4.98 Å². The maximum atomic E-state index is 12.5. The van der Waals surface area contributed by atoms with Crippen LogP contribution < -0.4 is 9.64 Å². The van der Waals surface area contributed by atoms with Crippen LogP contribution in [0.25, 0.3) is 27.7 Å². The number of hydrogen-bond donors (Lipinski definition) is 0. The van der Waals surface area contributed by atoms with Crippen molar-refractivity contribution in [1.29, 1.82) is 0 Å². The van der Waals surface area contributed by atoms with Gasteiger partial charge in [-0.15, -0.1) is 18.3 Å². The van der Waals surface area contributed by atoms with Crippen LogP contribution in [-0.2, 0) is 4.79 Å². The summed E-state index contributed by atoms with van der Waals surface area (Å²) in [5, 5.41) is 10.9. The van der Waals surface area contributed by atoms with Gasteiger partial charge in [0.25, 0.3) is 0 Å². The summed E-state index contributed by atoms with van der Waals surface area (Å²) in [6.07, 6.45) is 0.429. The lowest BCUT2D eigenvalue weighted by atomic mass is 10.1. The average molecular weight is 581 g/mol. The molecule has 202 valence electrons. The molecule has 0 bridgehead atoms. The molecule has 3 aromatic heterocycles. The van der Waals surface area contributed by atoms with Gasteiger partial charge in [-0.3, -0.25) is 14.1 Å². The van der Waals surface area contributed by atoms with Gasteiger partial charge >= 0.3 is 6.36 Å². The van der Waals surface area contributed by atoms with Gasteiger partial charge in [-0.1, -0.05) is 17.8 Å². The van der Waals surface area contributed by atoms with E-state index >= 15 is 0 Å². The molecule has 0 radical (unpaired) electrons. The number of carbonyl (C=O) groups excluding carboxylic acids is 1. The Morgan fingerprint density at radius 2 is 1.90 bits per heavy atom. The number of amidine groups is 1. The number of ether oxygens (including phenoxy) is 1. The Kier molecular flexibility index (Phi) is 6.55. The minimum Gasteiger partial charge on any atom is -0.406 e. The van der Waals surface area contributed by atoms with Crippen LogP contribution in [0.2, 0.25) is 0 Å². The van der Waals surface area contributed by atoms with Crippen molar-refractivity contribution in [2.75, 3.05) is 10.7 Å². The molecule has 0 atom stereocenters. The van der Waals surface area contributed by atoms with Gasteiger partial charge in [0.2, 0.25) is 5.91 Å². The summed E-state index contributed by atoms with van der Waals surface area (Å²) in [5.74, 6) is -0.0357. The van der Waals surface area contributed by atoms with Crippen LogP contribution in [0.15, 0.2) is 71.1 Å². The van der Waals surface area contributed by atoms with Gasteiger partial charge < -0.3 is 4.74 Å². The minimum atomic E-state index is -4.74. The number of thioether (sulfide) groups is 1. The minimum absolute atomic E-state index is 0.0512. The Hall–Kier alpha value is -4.23. The molecule has 1 amide bonds.